The van der Waals surface area contributed by atoms with Gasteiger partial charge < -0.3 is 13.7 Å². The number of fused-ring (bicyclic) bond motifs is 9. The quantitative estimate of drug-likeness (QED) is 0.133. The minimum Gasteiger partial charge on any atom is -0.503 e. The molecule has 0 spiro atoms. The Morgan fingerprint density at radius 1 is 0.591 bits per heavy atom. The molecule has 9 rings (SSSR count). The second-order valence-corrected chi connectivity index (χ2v) is 10.5. The summed E-state index contributed by atoms with van der Waals surface area (Å²) >= 11 is 0. The molecule has 4 heterocycles. The summed E-state index contributed by atoms with van der Waals surface area (Å²) in [6.45, 7) is 0. The standard InChI is InChI=1S/C38H22N4O.Pt/c1-2-9-25(10-3-1)28-12-8-14-34-37(28)31-19-17-26(23-32(31)38-40-21-22-41(34)38)43-27-16-18-30-29-11-4-5-13-33(29)42(35(30)24-27)36-15-6-7-20-39-36;/h1-22H;/q-2;+2. The summed E-state index contributed by atoms with van der Waals surface area (Å²) < 4.78 is 10.7. The largest absolute Gasteiger partial charge is 2.00 e. The molecule has 0 aliphatic heterocycles. The van der Waals surface area contributed by atoms with Crippen LogP contribution in [0.15, 0.2) is 134 Å². The van der Waals surface area contributed by atoms with Gasteiger partial charge in [0.1, 0.15) is 5.82 Å². The van der Waals surface area contributed by atoms with Gasteiger partial charge in [0.2, 0.25) is 0 Å². The van der Waals surface area contributed by atoms with Crippen molar-refractivity contribution >= 4 is 49.1 Å². The molecular formula is C38H22N4OPt. The Morgan fingerprint density at radius 3 is 2.23 bits per heavy atom. The third-order valence-corrected chi connectivity index (χ3v) is 8.09. The van der Waals surface area contributed by atoms with Crippen LogP contribution in [-0.4, -0.2) is 18.9 Å². The van der Waals surface area contributed by atoms with Gasteiger partial charge >= 0.3 is 21.1 Å². The first-order chi connectivity index (χ1) is 21.3. The maximum absolute atomic E-state index is 6.45. The van der Waals surface area contributed by atoms with Crippen LogP contribution in [-0.2, 0) is 21.1 Å². The van der Waals surface area contributed by atoms with E-state index in [2.05, 4.69) is 98.9 Å². The van der Waals surface area contributed by atoms with Crippen molar-refractivity contribution in [2.45, 2.75) is 0 Å². The smallest absolute Gasteiger partial charge is 0.503 e. The van der Waals surface area contributed by atoms with Gasteiger partial charge in [-0.05, 0) is 46.2 Å². The molecule has 0 unspecified atom stereocenters. The van der Waals surface area contributed by atoms with E-state index < -0.39 is 0 Å². The van der Waals surface area contributed by atoms with E-state index in [1.807, 2.05) is 61.1 Å². The molecule has 0 N–H and O–H groups in total. The number of pyridine rings is 2. The zero-order valence-electron chi connectivity index (χ0n) is 23.2. The molecule has 4 aromatic heterocycles. The van der Waals surface area contributed by atoms with Crippen LogP contribution in [0.5, 0.6) is 11.5 Å². The van der Waals surface area contributed by atoms with E-state index in [4.69, 9.17) is 9.72 Å². The Morgan fingerprint density at radius 2 is 1.36 bits per heavy atom. The normalized spacial score (nSPS) is 11.5. The van der Waals surface area contributed by atoms with E-state index >= 15 is 0 Å². The molecule has 0 amide bonds. The summed E-state index contributed by atoms with van der Waals surface area (Å²) in [6, 6.07) is 46.4. The maximum Gasteiger partial charge on any atom is 2.00 e. The van der Waals surface area contributed by atoms with Crippen LogP contribution < -0.4 is 4.74 Å². The first kappa shape index (κ1) is 26.4. The van der Waals surface area contributed by atoms with Gasteiger partial charge in [-0.3, -0.25) is 4.98 Å². The number of para-hydroxylation sites is 1. The molecule has 0 bridgehead atoms. The number of hydrogen-bond donors (Lipinski definition) is 0. The number of rotatable bonds is 4. The topological polar surface area (TPSA) is 44.3 Å². The Labute approximate surface area is 267 Å². The molecule has 9 aromatic rings. The molecule has 210 valence electrons. The summed E-state index contributed by atoms with van der Waals surface area (Å²) in [5.74, 6) is 2.04. The molecule has 0 aliphatic carbocycles. The molecule has 0 fully saturated rings. The van der Waals surface area contributed by atoms with E-state index in [1.165, 1.54) is 11.1 Å². The van der Waals surface area contributed by atoms with Crippen molar-refractivity contribution in [3.05, 3.63) is 146 Å². The number of nitrogens with zero attached hydrogens (tertiary/aromatic N) is 4. The van der Waals surface area contributed by atoms with Gasteiger partial charge in [0, 0.05) is 41.1 Å². The minimum absolute atomic E-state index is 0. The number of benzene rings is 5. The molecule has 0 aliphatic rings. The SMILES string of the molecule is [Pt+2].[c-]1c(Oc2[c-]c3c(cc2)c2ccccc2n3-c2ccccn2)ccc2c1c1nccn1c1cccc(-c3ccccc3)c21. The number of aromatic nitrogens is 4. The van der Waals surface area contributed by atoms with Crippen LogP contribution in [0.4, 0.5) is 0 Å². The molecule has 5 nitrogen and oxygen atoms in total. The molecular weight excluding hydrogens is 724 g/mol. The van der Waals surface area contributed by atoms with Crippen molar-refractivity contribution in [1.29, 1.82) is 0 Å². The van der Waals surface area contributed by atoms with E-state index in [0.717, 1.165) is 54.9 Å². The molecule has 0 atom stereocenters. The summed E-state index contributed by atoms with van der Waals surface area (Å²) in [5.41, 5.74) is 6.26. The Bertz CT molecular complexity index is 2480. The van der Waals surface area contributed by atoms with Crippen LogP contribution in [0.3, 0.4) is 0 Å². The number of imidazole rings is 1. The average Bonchev–Trinajstić information content (AvgIpc) is 3.69. The molecule has 5 aromatic carbocycles. The fourth-order valence-electron chi connectivity index (χ4n) is 6.26. The van der Waals surface area contributed by atoms with Crippen LogP contribution in [0.1, 0.15) is 0 Å². The minimum atomic E-state index is 0. The first-order valence-electron chi connectivity index (χ1n) is 14.2. The van der Waals surface area contributed by atoms with Gasteiger partial charge in [-0.1, -0.05) is 89.1 Å². The zero-order valence-corrected chi connectivity index (χ0v) is 25.5. The van der Waals surface area contributed by atoms with Crippen molar-refractivity contribution in [3.63, 3.8) is 0 Å². The van der Waals surface area contributed by atoms with Crippen LogP contribution in [0.2, 0.25) is 0 Å². The second-order valence-electron chi connectivity index (χ2n) is 10.5. The Kier molecular flexibility index (Phi) is 6.28. The second kappa shape index (κ2) is 10.5. The molecule has 44 heavy (non-hydrogen) atoms. The van der Waals surface area contributed by atoms with Crippen molar-refractivity contribution in [2.75, 3.05) is 0 Å². The predicted molar refractivity (Wildman–Crippen MR) is 172 cm³/mol. The third-order valence-electron chi connectivity index (χ3n) is 8.09. The van der Waals surface area contributed by atoms with Crippen molar-refractivity contribution in [3.8, 4) is 28.4 Å². The summed E-state index contributed by atoms with van der Waals surface area (Å²) in [5, 5.41) is 5.38. The van der Waals surface area contributed by atoms with Crippen molar-refractivity contribution in [2.24, 2.45) is 0 Å². The molecule has 0 saturated heterocycles. The third kappa shape index (κ3) is 4.05. The first-order valence-corrected chi connectivity index (χ1v) is 14.2. The van der Waals surface area contributed by atoms with Crippen LogP contribution in [0, 0.1) is 12.1 Å². The Hall–Kier alpha value is -5.25. The van der Waals surface area contributed by atoms with Crippen molar-refractivity contribution in [1.82, 2.24) is 18.9 Å². The fourth-order valence-corrected chi connectivity index (χ4v) is 6.26. The van der Waals surface area contributed by atoms with E-state index in [9.17, 15) is 0 Å². The summed E-state index contributed by atoms with van der Waals surface area (Å²) in [6.07, 6.45) is 5.65. The van der Waals surface area contributed by atoms with E-state index in [-0.39, 0.29) is 21.1 Å². The fraction of sp³-hybridized carbons (Fsp3) is 0. The van der Waals surface area contributed by atoms with Crippen molar-refractivity contribution < 1.29 is 25.8 Å². The number of ether oxygens (including phenoxy) is 1. The molecule has 0 radical (unpaired) electrons. The maximum atomic E-state index is 6.45. The molecule has 0 saturated carbocycles. The van der Waals surface area contributed by atoms with E-state index in [0.29, 0.717) is 11.5 Å². The van der Waals surface area contributed by atoms with Crippen LogP contribution >= 0.6 is 0 Å². The van der Waals surface area contributed by atoms with Gasteiger partial charge in [-0.2, -0.15) is 6.07 Å². The van der Waals surface area contributed by atoms with E-state index in [1.54, 1.807) is 0 Å². The summed E-state index contributed by atoms with van der Waals surface area (Å²) in [4.78, 5) is 9.35. The number of hydrogen-bond acceptors (Lipinski definition) is 3. The van der Waals surface area contributed by atoms with Crippen LogP contribution in [0.25, 0.3) is 66.1 Å². The zero-order chi connectivity index (χ0) is 28.3. The molecule has 6 heteroatoms. The van der Waals surface area contributed by atoms with Gasteiger partial charge in [0.15, 0.2) is 0 Å². The van der Waals surface area contributed by atoms with Gasteiger partial charge in [-0.25, -0.2) is 4.98 Å². The predicted octanol–water partition coefficient (Wildman–Crippen LogP) is 9.19. The monoisotopic (exact) mass is 745 g/mol. The Balaban J connectivity index is 0.00000289. The van der Waals surface area contributed by atoms with Gasteiger partial charge in [-0.15, -0.1) is 29.7 Å². The summed E-state index contributed by atoms with van der Waals surface area (Å²) in [7, 11) is 0. The van der Waals surface area contributed by atoms with Gasteiger partial charge in [0.05, 0.1) is 5.65 Å². The van der Waals surface area contributed by atoms with Gasteiger partial charge in [0.25, 0.3) is 0 Å². The average molecular weight is 746 g/mol.